The van der Waals surface area contributed by atoms with E-state index < -0.39 is 5.97 Å². The second-order valence-electron chi connectivity index (χ2n) is 4.84. The van der Waals surface area contributed by atoms with E-state index in [0.717, 1.165) is 10.9 Å². The minimum Gasteiger partial charge on any atom is -0.506 e. The maximum Gasteiger partial charge on any atom is 0.339 e. The fourth-order valence-corrected chi connectivity index (χ4v) is 2.47. The molecule has 6 heteroatoms. The van der Waals surface area contributed by atoms with Gasteiger partial charge in [-0.15, -0.1) is 0 Å². The maximum absolute atomic E-state index is 11.2. The third-order valence-corrected chi connectivity index (χ3v) is 3.55. The Morgan fingerprint density at radius 1 is 1.32 bits per heavy atom. The number of carboxylic acids is 1. The standard InChI is InChI=1S/C16H11N3O3/c1-19-14-6-9(7-17)5-12(13(14)8-18-19)10-3-2-4-11(15(10)20)16(21)22/h2-6,8,20H,1H3,(H,21,22). The molecule has 3 aromatic rings. The lowest BCUT2D eigenvalue weighted by atomic mass is 9.96. The molecular weight excluding hydrogens is 282 g/mol. The Bertz CT molecular complexity index is 951. The first-order chi connectivity index (χ1) is 10.5. The largest absolute Gasteiger partial charge is 0.506 e. The summed E-state index contributed by atoms with van der Waals surface area (Å²) in [4.78, 5) is 11.2. The summed E-state index contributed by atoms with van der Waals surface area (Å²) in [7, 11) is 1.75. The highest BCUT2D eigenvalue weighted by atomic mass is 16.4. The summed E-state index contributed by atoms with van der Waals surface area (Å²) in [5.41, 5.74) is 1.88. The van der Waals surface area contributed by atoms with Gasteiger partial charge >= 0.3 is 5.97 Å². The zero-order valence-electron chi connectivity index (χ0n) is 11.6. The van der Waals surface area contributed by atoms with Gasteiger partial charge in [-0.2, -0.15) is 10.4 Å². The van der Waals surface area contributed by atoms with Gasteiger partial charge < -0.3 is 10.2 Å². The first-order valence-electron chi connectivity index (χ1n) is 6.44. The van der Waals surface area contributed by atoms with Crippen molar-refractivity contribution in [2.24, 2.45) is 7.05 Å². The molecule has 2 aromatic carbocycles. The van der Waals surface area contributed by atoms with Crippen LogP contribution in [0.5, 0.6) is 5.75 Å². The highest BCUT2D eigenvalue weighted by Crippen LogP contribution is 2.37. The van der Waals surface area contributed by atoms with Crippen LogP contribution in [0.25, 0.3) is 22.0 Å². The van der Waals surface area contributed by atoms with Crippen molar-refractivity contribution in [2.75, 3.05) is 0 Å². The van der Waals surface area contributed by atoms with Crippen LogP contribution in [0.2, 0.25) is 0 Å². The minimum absolute atomic E-state index is 0.183. The Balaban J connectivity index is 2.38. The first kappa shape index (κ1) is 13.6. The number of fused-ring (bicyclic) bond motifs is 1. The van der Waals surface area contributed by atoms with E-state index in [1.165, 1.54) is 6.07 Å². The monoisotopic (exact) mass is 293 g/mol. The molecule has 0 unspecified atom stereocenters. The van der Waals surface area contributed by atoms with E-state index in [0.29, 0.717) is 16.7 Å². The molecule has 6 nitrogen and oxygen atoms in total. The second kappa shape index (κ2) is 4.90. The molecular formula is C16H11N3O3. The Hall–Kier alpha value is -3.33. The van der Waals surface area contributed by atoms with Gasteiger partial charge in [-0.3, -0.25) is 4.68 Å². The summed E-state index contributed by atoms with van der Waals surface area (Å²) >= 11 is 0. The van der Waals surface area contributed by atoms with Crippen molar-refractivity contribution in [2.45, 2.75) is 0 Å². The van der Waals surface area contributed by atoms with Crippen LogP contribution in [0.15, 0.2) is 36.5 Å². The van der Waals surface area contributed by atoms with Crippen molar-refractivity contribution in [3.05, 3.63) is 47.7 Å². The minimum atomic E-state index is -1.21. The van der Waals surface area contributed by atoms with Crippen LogP contribution in [-0.2, 0) is 7.05 Å². The van der Waals surface area contributed by atoms with Crippen LogP contribution in [0.3, 0.4) is 0 Å². The molecule has 0 radical (unpaired) electrons. The molecule has 0 aliphatic carbocycles. The quantitative estimate of drug-likeness (QED) is 0.756. The van der Waals surface area contributed by atoms with Gasteiger partial charge in [0.05, 0.1) is 23.3 Å². The highest BCUT2D eigenvalue weighted by Gasteiger charge is 2.17. The molecule has 22 heavy (non-hydrogen) atoms. The number of aryl methyl sites for hydroxylation is 1. The van der Waals surface area contributed by atoms with Gasteiger partial charge in [-0.25, -0.2) is 4.79 Å². The molecule has 1 aromatic heterocycles. The smallest absolute Gasteiger partial charge is 0.339 e. The molecule has 2 N–H and O–H groups in total. The third kappa shape index (κ3) is 1.96. The number of hydrogen-bond donors (Lipinski definition) is 2. The summed E-state index contributed by atoms with van der Waals surface area (Å²) in [6.45, 7) is 0. The topological polar surface area (TPSA) is 99.1 Å². The number of phenols is 1. The van der Waals surface area contributed by atoms with Crippen LogP contribution >= 0.6 is 0 Å². The number of benzene rings is 2. The lowest BCUT2D eigenvalue weighted by Gasteiger charge is -2.09. The molecule has 0 saturated heterocycles. The average molecular weight is 293 g/mol. The number of carbonyl (C=O) groups is 1. The molecule has 0 spiro atoms. The van der Waals surface area contributed by atoms with Gasteiger partial charge in [0.2, 0.25) is 0 Å². The Morgan fingerprint density at radius 3 is 2.77 bits per heavy atom. The fourth-order valence-electron chi connectivity index (χ4n) is 2.47. The van der Waals surface area contributed by atoms with Gasteiger partial charge in [0.25, 0.3) is 0 Å². The number of aromatic carboxylic acids is 1. The van der Waals surface area contributed by atoms with Crippen molar-refractivity contribution in [3.8, 4) is 22.9 Å². The van der Waals surface area contributed by atoms with Crippen molar-refractivity contribution in [3.63, 3.8) is 0 Å². The number of aromatic hydroxyl groups is 1. The molecule has 0 amide bonds. The highest BCUT2D eigenvalue weighted by molar-refractivity contribution is 6.00. The zero-order valence-corrected chi connectivity index (χ0v) is 11.6. The van der Waals surface area contributed by atoms with Gasteiger partial charge in [0.1, 0.15) is 11.3 Å². The number of nitriles is 1. The van der Waals surface area contributed by atoms with Crippen LogP contribution in [0.4, 0.5) is 0 Å². The van der Waals surface area contributed by atoms with E-state index in [-0.39, 0.29) is 11.3 Å². The molecule has 0 fully saturated rings. The van der Waals surface area contributed by atoms with E-state index in [4.69, 9.17) is 5.11 Å². The average Bonchev–Trinajstić information content (AvgIpc) is 2.88. The van der Waals surface area contributed by atoms with Gasteiger partial charge in [0.15, 0.2) is 0 Å². The molecule has 3 rings (SSSR count). The zero-order chi connectivity index (χ0) is 15.9. The normalized spacial score (nSPS) is 10.5. The Kier molecular flexibility index (Phi) is 3.04. The van der Waals surface area contributed by atoms with Crippen molar-refractivity contribution in [1.29, 1.82) is 5.26 Å². The molecule has 1 heterocycles. The van der Waals surface area contributed by atoms with E-state index in [9.17, 15) is 15.2 Å². The number of aromatic nitrogens is 2. The van der Waals surface area contributed by atoms with Crippen molar-refractivity contribution in [1.82, 2.24) is 9.78 Å². The molecule has 0 bridgehead atoms. The number of nitrogens with zero attached hydrogens (tertiary/aromatic N) is 3. The summed E-state index contributed by atoms with van der Waals surface area (Å²) in [5.74, 6) is -1.53. The molecule has 0 aliphatic heterocycles. The SMILES string of the molecule is Cn1ncc2c(-c3cccc(C(=O)O)c3O)cc(C#N)cc21. The van der Waals surface area contributed by atoms with E-state index in [1.807, 2.05) is 0 Å². The molecule has 0 saturated carbocycles. The van der Waals surface area contributed by atoms with Crippen LogP contribution in [-0.4, -0.2) is 26.0 Å². The lowest BCUT2D eigenvalue weighted by Crippen LogP contribution is -1.97. The van der Waals surface area contributed by atoms with Crippen LogP contribution < -0.4 is 0 Å². The molecule has 0 aliphatic rings. The maximum atomic E-state index is 11.2. The summed E-state index contributed by atoms with van der Waals surface area (Å²) in [6, 6.07) is 9.88. The predicted molar refractivity (Wildman–Crippen MR) is 79.5 cm³/mol. The number of hydrogen-bond acceptors (Lipinski definition) is 4. The van der Waals surface area contributed by atoms with Gasteiger partial charge in [-0.05, 0) is 23.8 Å². The fraction of sp³-hybridized carbons (Fsp3) is 0.0625. The summed E-state index contributed by atoms with van der Waals surface area (Å²) in [6.07, 6.45) is 1.62. The molecule has 108 valence electrons. The predicted octanol–water partition coefficient (Wildman–Crippen LogP) is 2.52. The van der Waals surface area contributed by atoms with Gasteiger partial charge in [0, 0.05) is 18.0 Å². The van der Waals surface area contributed by atoms with Gasteiger partial charge in [-0.1, -0.05) is 12.1 Å². The lowest BCUT2D eigenvalue weighted by molar-refractivity contribution is 0.0694. The third-order valence-electron chi connectivity index (χ3n) is 3.55. The van der Waals surface area contributed by atoms with Crippen LogP contribution in [0.1, 0.15) is 15.9 Å². The van der Waals surface area contributed by atoms with E-state index >= 15 is 0 Å². The van der Waals surface area contributed by atoms with Crippen LogP contribution in [0, 0.1) is 11.3 Å². The number of para-hydroxylation sites is 1. The molecule has 0 atom stereocenters. The number of rotatable bonds is 2. The van der Waals surface area contributed by atoms with E-state index in [2.05, 4.69) is 11.2 Å². The van der Waals surface area contributed by atoms with Crippen molar-refractivity contribution < 1.29 is 15.0 Å². The summed E-state index contributed by atoms with van der Waals surface area (Å²) < 4.78 is 1.62. The Morgan fingerprint density at radius 2 is 2.09 bits per heavy atom. The first-order valence-corrected chi connectivity index (χ1v) is 6.44. The van der Waals surface area contributed by atoms with Crippen molar-refractivity contribution >= 4 is 16.9 Å². The van der Waals surface area contributed by atoms with E-state index in [1.54, 1.807) is 42.2 Å². The Labute approximate surface area is 125 Å². The second-order valence-corrected chi connectivity index (χ2v) is 4.84. The summed E-state index contributed by atoms with van der Waals surface area (Å²) in [5, 5.41) is 33.4. The number of carboxylic acid groups (broad SMARTS) is 1.